The molecular weight excluding hydrogens is 247 g/mol. The Labute approximate surface area is 91.8 Å². The second-order valence-electron chi connectivity index (χ2n) is 3.23. The third-order valence-electron chi connectivity index (χ3n) is 2.03. The lowest BCUT2D eigenvalue weighted by atomic mass is 10.2. The quantitative estimate of drug-likeness (QED) is 0.870. The van der Waals surface area contributed by atoms with Crippen LogP contribution in [0, 0.1) is 5.82 Å². The Bertz CT molecular complexity index is 304. The Morgan fingerprint density at radius 3 is 2.93 bits per heavy atom. The van der Waals surface area contributed by atoms with Crippen molar-refractivity contribution in [2.24, 2.45) is 5.73 Å². The fourth-order valence-electron chi connectivity index (χ4n) is 1.05. The van der Waals surface area contributed by atoms with E-state index in [1.54, 1.807) is 12.1 Å². The van der Waals surface area contributed by atoms with Gasteiger partial charge < -0.3 is 11.1 Å². The molecule has 78 valence electrons. The molecule has 1 rings (SSSR count). The first-order valence-corrected chi connectivity index (χ1v) is 5.30. The zero-order valence-electron chi connectivity index (χ0n) is 8.06. The number of nitrogens with one attached hydrogen (secondary N) is 1. The minimum absolute atomic E-state index is 0.202. The summed E-state index contributed by atoms with van der Waals surface area (Å²) in [5, 5.41) is 3.13. The van der Waals surface area contributed by atoms with Gasteiger partial charge in [0, 0.05) is 24.7 Å². The normalized spacial score (nSPS) is 12.9. The maximum Gasteiger partial charge on any atom is 0.141 e. The van der Waals surface area contributed by atoms with Gasteiger partial charge in [0.2, 0.25) is 0 Å². The Kier molecular flexibility index (Phi) is 4.51. The average molecular weight is 261 g/mol. The molecule has 0 radical (unpaired) electrons. The predicted molar refractivity (Wildman–Crippen MR) is 59.5 cm³/mol. The summed E-state index contributed by atoms with van der Waals surface area (Å²) in [6, 6.07) is 5.46. The Morgan fingerprint density at radius 1 is 1.57 bits per heavy atom. The summed E-state index contributed by atoms with van der Waals surface area (Å²) in [5.41, 5.74) is 6.09. The van der Waals surface area contributed by atoms with Crippen molar-refractivity contribution in [1.29, 1.82) is 0 Å². The van der Waals surface area contributed by atoms with Crippen LogP contribution in [0.2, 0.25) is 0 Å². The van der Waals surface area contributed by atoms with E-state index >= 15 is 0 Å². The van der Waals surface area contributed by atoms with Crippen LogP contribution in [0.15, 0.2) is 22.7 Å². The van der Waals surface area contributed by atoms with Crippen LogP contribution in [-0.4, -0.2) is 12.6 Å². The van der Waals surface area contributed by atoms with Crippen LogP contribution in [0.4, 0.5) is 4.39 Å². The van der Waals surface area contributed by atoms with E-state index in [9.17, 15) is 4.39 Å². The van der Waals surface area contributed by atoms with Crippen molar-refractivity contribution in [3.05, 3.63) is 34.1 Å². The van der Waals surface area contributed by atoms with Gasteiger partial charge in [-0.3, -0.25) is 0 Å². The van der Waals surface area contributed by atoms with E-state index in [2.05, 4.69) is 21.2 Å². The molecule has 0 unspecified atom stereocenters. The van der Waals surface area contributed by atoms with E-state index in [0.29, 0.717) is 23.1 Å². The molecule has 0 fully saturated rings. The number of rotatable bonds is 4. The lowest BCUT2D eigenvalue weighted by Crippen LogP contribution is -2.32. The molecule has 1 atom stereocenters. The molecule has 3 N–H and O–H groups in total. The van der Waals surface area contributed by atoms with Crippen LogP contribution in [-0.2, 0) is 6.54 Å². The molecule has 0 aliphatic carbocycles. The van der Waals surface area contributed by atoms with Crippen LogP contribution in [0.1, 0.15) is 12.5 Å². The molecular formula is C10H14BrFN2. The Morgan fingerprint density at radius 2 is 2.29 bits per heavy atom. The number of nitrogens with two attached hydrogens (primary N) is 1. The van der Waals surface area contributed by atoms with Gasteiger partial charge in [-0.15, -0.1) is 0 Å². The van der Waals surface area contributed by atoms with Gasteiger partial charge in [-0.25, -0.2) is 4.39 Å². The molecule has 0 saturated carbocycles. The van der Waals surface area contributed by atoms with Gasteiger partial charge in [0.05, 0.1) is 4.47 Å². The molecule has 0 saturated heterocycles. The van der Waals surface area contributed by atoms with Gasteiger partial charge in [0.1, 0.15) is 5.82 Å². The zero-order chi connectivity index (χ0) is 10.6. The monoisotopic (exact) mass is 260 g/mol. The fraction of sp³-hybridized carbons (Fsp3) is 0.400. The van der Waals surface area contributed by atoms with E-state index in [4.69, 9.17) is 5.73 Å². The molecule has 0 aliphatic rings. The van der Waals surface area contributed by atoms with Crippen LogP contribution in [0.3, 0.4) is 0 Å². The summed E-state index contributed by atoms with van der Waals surface area (Å²) < 4.78 is 13.9. The minimum atomic E-state index is -0.204. The molecule has 0 amide bonds. The van der Waals surface area contributed by atoms with Gasteiger partial charge in [-0.2, -0.15) is 0 Å². The number of halogens is 2. The predicted octanol–water partition coefficient (Wildman–Crippen LogP) is 2.02. The molecule has 2 nitrogen and oxygen atoms in total. The fourth-order valence-corrected chi connectivity index (χ4v) is 1.46. The van der Waals surface area contributed by atoms with Gasteiger partial charge >= 0.3 is 0 Å². The third-order valence-corrected chi connectivity index (χ3v) is 2.64. The van der Waals surface area contributed by atoms with Crippen molar-refractivity contribution in [2.75, 3.05) is 6.54 Å². The van der Waals surface area contributed by atoms with Crippen molar-refractivity contribution in [3.8, 4) is 0 Å². The molecule has 0 bridgehead atoms. The molecule has 4 heteroatoms. The molecule has 0 aromatic heterocycles. The third kappa shape index (κ3) is 3.04. The maximum atomic E-state index is 13.4. The molecule has 0 aliphatic heterocycles. The zero-order valence-corrected chi connectivity index (χ0v) is 9.64. The van der Waals surface area contributed by atoms with Crippen molar-refractivity contribution < 1.29 is 4.39 Å². The van der Waals surface area contributed by atoms with Crippen molar-refractivity contribution in [3.63, 3.8) is 0 Å². The highest BCUT2D eigenvalue weighted by molar-refractivity contribution is 9.10. The van der Waals surface area contributed by atoms with E-state index in [1.165, 1.54) is 0 Å². The summed E-state index contributed by atoms with van der Waals surface area (Å²) in [6.45, 7) is 3.02. The van der Waals surface area contributed by atoms with Crippen LogP contribution < -0.4 is 11.1 Å². The lowest BCUT2D eigenvalue weighted by Gasteiger charge is -2.11. The first-order valence-electron chi connectivity index (χ1n) is 4.51. The van der Waals surface area contributed by atoms with Crippen LogP contribution in [0.25, 0.3) is 0 Å². The van der Waals surface area contributed by atoms with E-state index in [-0.39, 0.29) is 11.9 Å². The minimum Gasteiger partial charge on any atom is -0.329 e. The molecule has 0 heterocycles. The summed E-state index contributed by atoms with van der Waals surface area (Å²) in [5.74, 6) is -0.204. The SMILES string of the molecule is C[C@@H](CN)NCc1cccc(Br)c1F. The summed E-state index contributed by atoms with van der Waals surface area (Å²) in [7, 11) is 0. The van der Waals surface area contributed by atoms with E-state index in [1.807, 2.05) is 13.0 Å². The highest BCUT2D eigenvalue weighted by Crippen LogP contribution is 2.18. The molecule has 1 aromatic rings. The Hall–Kier alpha value is -0.450. The maximum absolute atomic E-state index is 13.4. The van der Waals surface area contributed by atoms with E-state index in [0.717, 1.165) is 0 Å². The summed E-state index contributed by atoms with van der Waals surface area (Å²) in [4.78, 5) is 0. The largest absolute Gasteiger partial charge is 0.329 e. The summed E-state index contributed by atoms with van der Waals surface area (Å²) >= 11 is 3.14. The van der Waals surface area contributed by atoms with Gasteiger partial charge in [-0.1, -0.05) is 12.1 Å². The molecule has 1 aromatic carbocycles. The standard InChI is InChI=1S/C10H14BrFN2/c1-7(5-13)14-6-8-3-2-4-9(11)10(8)12/h2-4,7,14H,5-6,13H2,1H3/t7-/m0/s1. The number of hydrogen-bond donors (Lipinski definition) is 2. The highest BCUT2D eigenvalue weighted by Gasteiger charge is 2.06. The Balaban J connectivity index is 2.63. The first-order chi connectivity index (χ1) is 6.65. The van der Waals surface area contributed by atoms with Crippen molar-refractivity contribution in [1.82, 2.24) is 5.32 Å². The molecule has 14 heavy (non-hydrogen) atoms. The number of hydrogen-bond acceptors (Lipinski definition) is 2. The second-order valence-corrected chi connectivity index (χ2v) is 4.08. The van der Waals surface area contributed by atoms with Crippen LogP contribution >= 0.6 is 15.9 Å². The lowest BCUT2D eigenvalue weighted by molar-refractivity contribution is 0.531. The van der Waals surface area contributed by atoms with Gasteiger partial charge in [0.25, 0.3) is 0 Å². The topological polar surface area (TPSA) is 38.0 Å². The highest BCUT2D eigenvalue weighted by atomic mass is 79.9. The molecule has 0 spiro atoms. The number of benzene rings is 1. The second kappa shape index (κ2) is 5.44. The van der Waals surface area contributed by atoms with Gasteiger partial charge in [-0.05, 0) is 28.9 Å². The van der Waals surface area contributed by atoms with E-state index < -0.39 is 0 Å². The first kappa shape index (κ1) is 11.6. The van der Waals surface area contributed by atoms with Gasteiger partial charge in [0.15, 0.2) is 0 Å². The van der Waals surface area contributed by atoms with Crippen molar-refractivity contribution >= 4 is 15.9 Å². The van der Waals surface area contributed by atoms with Crippen LogP contribution in [0.5, 0.6) is 0 Å². The summed E-state index contributed by atoms with van der Waals surface area (Å²) in [6.07, 6.45) is 0. The average Bonchev–Trinajstić information content (AvgIpc) is 2.20. The van der Waals surface area contributed by atoms with Crippen molar-refractivity contribution in [2.45, 2.75) is 19.5 Å². The smallest absolute Gasteiger partial charge is 0.141 e.